The first-order valence-electron chi connectivity index (χ1n) is 6.50. The Hall–Kier alpha value is -1.75. The van der Waals surface area contributed by atoms with E-state index in [0.29, 0.717) is 44.0 Å². The first-order chi connectivity index (χ1) is 9.10. The van der Waals surface area contributed by atoms with E-state index in [1.165, 1.54) is 0 Å². The molecule has 0 aliphatic carbocycles. The van der Waals surface area contributed by atoms with Gasteiger partial charge in [0.05, 0.1) is 23.4 Å². The van der Waals surface area contributed by atoms with Gasteiger partial charge >= 0.3 is 5.97 Å². The van der Waals surface area contributed by atoms with E-state index in [4.69, 9.17) is 20.9 Å². The average molecular weight is 264 g/mol. The minimum Gasteiger partial charge on any atom is -0.465 e. The Kier molecular flexibility index (Phi) is 3.95. The molecule has 0 atom stereocenters. The number of carbonyl (C=O) groups is 1. The van der Waals surface area contributed by atoms with Crippen molar-refractivity contribution in [2.75, 3.05) is 31.3 Å². The number of rotatable bonds is 3. The minimum atomic E-state index is -0.657. The van der Waals surface area contributed by atoms with Crippen LogP contribution in [0, 0.1) is 0 Å². The van der Waals surface area contributed by atoms with Gasteiger partial charge in [0.15, 0.2) is 0 Å². The first kappa shape index (κ1) is 13.7. The molecule has 1 aliphatic rings. The van der Waals surface area contributed by atoms with Crippen LogP contribution in [-0.4, -0.2) is 25.8 Å². The summed E-state index contributed by atoms with van der Waals surface area (Å²) < 4.78 is 10.6. The molecule has 0 radical (unpaired) electrons. The van der Waals surface area contributed by atoms with Crippen LogP contribution >= 0.6 is 0 Å². The summed E-state index contributed by atoms with van der Waals surface area (Å²) in [5.41, 5.74) is 12.8. The van der Waals surface area contributed by atoms with Gasteiger partial charge in [-0.05, 0) is 37.5 Å². The summed E-state index contributed by atoms with van der Waals surface area (Å²) in [6, 6.07) is 5.37. The molecule has 5 heteroatoms. The molecule has 19 heavy (non-hydrogen) atoms. The number of nitrogen functional groups attached to an aromatic ring is 2. The van der Waals surface area contributed by atoms with E-state index in [9.17, 15) is 4.79 Å². The Balaban J connectivity index is 2.41. The lowest BCUT2D eigenvalue weighted by Gasteiger charge is -2.35. The third-order valence-corrected chi connectivity index (χ3v) is 3.65. The van der Waals surface area contributed by atoms with Crippen LogP contribution in [0.25, 0.3) is 0 Å². The molecule has 0 aromatic heterocycles. The topological polar surface area (TPSA) is 87.6 Å². The zero-order chi connectivity index (χ0) is 13.9. The highest BCUT2D eigenvalue weighted by Crippen LogP contribution is 2.37. The van der Waals surface area contributed by atoms with Gasteiger partial charge in [0.25, 0.3) is 0 Å². The normalized spacial score (nSPS) is 17.9. The van der Waals surface area contributed by atoms with Crippen molar-refractivity contribution in [3.05, 3.63) is 23.8 Å². The van der Waals surface area contributed by atoms with E-state index in [0.717, 1.165) is 5.56 Å². The molecule has 104 valence electrons. The molecule has 0 unspecified atom stereocenters. The lowest BCUT2D eigenvalue weighted by Crippen LogP contribution is -2.42. The summed E-state index contributed by atoms with van der Waals surface area (Å²) in [4.78, 5) is 12.4. The number of ether oxygens (including phenoxy) is 2. The van der Waals surface area contributed by atoms with Gasteiger partial charge < -0.3 is 20.9 Å². The molecular formula is C14H20N2O3. The third-order valence-electron chi connectivity index (χ3n) is 3.65. The van der Waals surface area contributed by atoms with Crippen molar-refractivity contribution in [1.29, 1.82) is 0 Å². The number of hydrogen-bond donors (Lipinski definition) is 2. The van der Waals surface area contributed by atoms with Gasteiger partial charge in [-0.25, -0.2) is 0 Å². The van der Waals surface area contributed by atoms with Gasteiger partial charge in [0.2, 0.25) is 0 Å². The van der Waals surface area contributed by atoms with Crippen LogP contribution in [0.1, 0.15) is 25.3 Å². The third kappa shape index (κ3) is 2.51. The van der Waals surface area contributed by atoms with Crippen LogP contribution in [-0.2, 0) is 19.7 Å². The van der Waals surface area contributed by atoms with Crippen LogP contribution in [0.3, 0.4) is 0 Å². The standard InChI is InChI=1S/C14H20N2O3/c1-2-19-13(17)14(5-7-18-8-6-14)10-3-4-11(15)12(16)9-10/h3-4,9H,2,5-8,15-16H2,1H3. The number of anilines is 2. The summed E-state index contributed by atoms with van der Waals surface area (Å²) >= 11 is 0. The molecule has 0 amide bonds. The molecule has 0 saturated carbocycles. The Morgan fingerprint density at radius 1 is 1.32 bits per heavy atom. The molecule has 1 fully saturated rings. The Bertz CT molecular complexity index is 468. The van der Waals surface area contributed by atoms with Gasteiger partial charge in [-0.2, -0.15) is 0 Å². The summed E-state index contributed by atoms with van der Waals surface area (Å²) in [5.74, 6) is -0.206. The van der Waals surface area contributed by atoms with Crippen molar-refractivity contribution in [2.24, 2.45) is 0 Å². The number of carbonyl (C=O) groups excluding carboxylic acids is 1. The van der Waals surface area contributed by atoms with E-state index < -0.39 is 5.41 Å². The Morgan fingerprint density at radius 2 is 2.00 bits per heavy atom. The highest BCUT2D eigenvalue weighted by molar-refractivity contribution is 5.84. The predicted octanol–water partition coefficient (Wildman–Crippen LogP) is 1.46. The van der Waals surface area contributed by atoms with Gasteiger partial charge in [0.1, 0.15) is 0 Å². The minimum absolute atomic E-state index is 0.206. The molecular weight excluding hydrogens is 244 g/mol. The van der Waals surface area contributed by atoms with Crippen molar-refractivity contribution < 1.29 is 14.3 Å². The molecule has 5 nitrogen and oxygen atoms in total. The van der Waals surface area contributed by atoms with Gasteiger partial charge in [-0.15, -0.1) is 0 Å². The molecule has 1 heterocycles. The monoisotopic (exact) mass is 264 g/mol. The quantitative estimate of drug-likeness (QED) is 0.637. The largest absolute Gasteiger partial charge is 0.465 e. The van der Waals surface area contributed by atoms with Crippen LogP contribution < -0.4 is 11.5 Å². The summed E-state index contributed by atoms with van der Waals surface area (Å²) in [5, 5.41) is 0. The second-order valence-corrected chi connectivity index (χ2v) is 4.76. The molecule has 4 N–H and O–H groups in total. The fourth-order valence-electron chi connectivity index (χ4n) is 2.47. The lowest BCUT2D eigenvalue weighted by molar-refractivity contribution is -0.154. The molecule has 0 bridgehead atoms. The fourth-order valence-corrected chi connectivity index (χ4v) is 2.47. The molecule has 1 aromatic carbocycles. The molecule has 1 aliphatic heterocycles. The zero-order valence-electron chi connectivity index (χ0n) is 11.1. The van der Waals surface area contributed by atoms with E-state index in [1.807, 2.05) is 13.0 Å². The van der Waals surface area contributed by atoms with E-state index in [1.54, 1.807) is 12.1 Å². The van der Waals surface area contributed by atoms with E-state index in [2.05, 4.69) is 0 Å². The van der Waals surface area contributed by atoms with Crippen LogP contribution in [0.5, 0.6) is 0 Å². The molecule has 2 rings (SSSR count). The van der Waals surface area contributed by atoms with Crippen molar-refractivity contribution in [1.82, 2.24) is 0 Å². The van der Waals surface area contributed by atoms with Crippen LogP contribution in [0.4, 0.5) is 11.4 Å². The SMILES string of the molecule is CCOC(=O)C1(c2ccc(N)c(N)c2)CCOCC1. The van der Waals surface area contributed by atoms with Crippen molar-refractivity contribution >= 4 is 17.3 Å². The predicted molar refractivity (Wildman–Crippen MR) is 73.6 cm³/mol. The molecule has 0 spiro atoms. The second kappa shape index (κ2) is 5.48. The summed E-state index contributed by atoms with van der Waals surface area (Å²) in [6.07, 6.45) is 1.21. The Labute approximate surface area is 112 Å². The number of hydrogen-bond acceptors (Lipinski definition) is 5. The van der Waals surface area contributed by atoms with Gasteiger partial charge in [-0.3, -0.25) is 4.79 Å². The zero-order valence-corrected chi connectivity index (χ0v) is 11.1. The Morgan fingerprint density at radius 3 is 2.58 bits per heavy atom. The van der Waals surface area contributed by atoms with Gasteiger partial charge in [-0.1, -0.05) is 6.07 Å². The van der Waals surface area contributed by atoms with E-state index in [-0.39, 0.29) is 5.97 Å². The summed E-state index contributed by atoms with van der Waals surface area (Å²) in [7, 11) is 0. The first-order valence-corrected chi connectivity index (χ1v) is 6.50. The van der Waals surface area contributed by atoms with Gasteiger partial charge in [0, 0.05) is 13.2 Å². The van der Waals surface area contributed by atoms with Crippen molar-refractivity contribution in [3.63, 3.8) is 0 Å². The molecule has 1 saturated heterocycles. The smallest absolute Gasteiger partial charge is 0.316 e. The molecule has 1 aromatic rings. The van der Waals surface area contributed by atoms with Crippen LogP contribution in [0.15, 0.2) is 18.2 Å². The fraction of sp³-hybridized carbons (Fsp3) is 0.500. The average Bonchev–Trinajstić information content (AvgIpc) is 2.43. The highest BCUT2D eigenvalue weighted by Gasteiger charge is 2.43. The number of esters is 1. The number of nitrogens with two attached hydrogens (primary N) is 2. The maximum atomic E-state index is 12.4. The van der Waals surface area contributed by atoms with E-state index >= 15 is 0 Å². The number of benzene rings is 1. The maximum absolute atomic E-state index is 12.4. The van der Waals surface area contributed by atoms with Crippen molar-refractivity contribution in [3.8, 4) is 0 Å². The highest BCUT2D eigenvalue weighted by atomic mass is 16.5. The van der Waals surface area contributed by atoms with Crippen molar-refractivity contribution in [2.45, 2.75) is 25.2 Å². The van der Waals surface area contributed by atoms with Crippen LogP contribution in [0.2, 0.25) is 0 Å². The second-order valence-electron chi connectivity index (χ2n) is 4.76. The summed E-state index contributed by atoms with van der Waals surface area (Å²) in [6.45, 7) is 3.26. The lowest BCUT2D eigenvalue weighted by atomic mass is 9.74. The maximum Gasteiger partial charge on any atom is 0.316 e.